The van der Waals surface area contributed by atoms with Crippen LogP contribution < -0.4 is 10.6 Å². The number of methoxy groups -OCH3 is 1. The van der Waals surface area contributed by atoms with Crippen LogP contribution in [0.2, 0.25) is 0 Å². The molecule has 1 atom stereocenters. The van der Waals surface area contributed by atoms with Gasteiger partial charge in [0.1, 0.15) is 0 Å². The Morgan fingerprint density at radius 1 is 1.53 bits per heavy atom. The Labute approximate surface area is 110 Å². The average molecular weight is 270 g/mol. The van der Waals surface area contributed by atoms with Gasteiger partial charge in [-0.1, -0.05) is 0 Å². The van der Waals surface area contributed by atoms with Crippen LogP contribution in [0.15, 0.2) is 4.52 Å². The molecular formula is C11H18N4O4. The molecule has 1 aliphatic rings. The summed E-state index contributed by atoms with van der Waals surface area (Å²) in [5.74, 6) is 0.556. The van der Waals surface area contributed by atoms with Crippen LogP contribution >= 0.6 is 0 Å². The molecule has 0 saturated carbocycles. The van der Waals surface area contributed by atoms with E-state index >= 15 is 0 Å². The first kappa shape index (κ1) is 13.8. The molecule has 0 amide bonds. The number of aromatic nitrogens is 2. The highest BCUT2D eigenvalue weighted by Crippen LogP contribution is 2.18. The molecular weight excluding hydrogens is 252 g/mol. The molecule has 1 aliphatic heterocycles. The molecule has 0 aromatic carbocycles. The van der Waals surface area contributed by atoms with Gasteiger partial charge in [-0.05, 0) is 11.6 Å². The van der Waals surface area contributed by atoms with Crippen molar-refractivity contribution in [1.29, 1.82) is 0 Å². The molecule has 8 heteroatoms. The van der Waals surface area contributed by atoms with E-state index in [1.54, 1.807) is 0 Å². The fourth-order valence-electron chi connectivity index (χ4n) is 1.77. The Bertz CT molecular complexity index is 417. The van der Waals surface area contributed by atoms with Crippen molar-refractivity contribution in [3.63, 3.8) is 0 Å². The highest BCUT2D eigenvalue weighted by atomic mass is 16.5. The number of morpholine rings is 1. The lowest BCUT2D eigenvalue weighted by Gasteiger charge is -2.24. The van der Waals surface area contributed by atoms with E-state index in [4.69, 9.17) is 15.0 Å². The highest BCUT2D eigenvalue weighted by molar-refractivity contribution is 5.69. The zero-order valence-electron chi connectivity index (χ0n) is 10.9. The number of nitrogens with two attached hydrogens (primary N) is 1. The summed E-state index contributed by atoms with van der Waals surface area (Å²) in [4.78, 5) is 17.3. The monoisotopic (exact) mass is 270 g/mol. The van der Waals surface area contributed by atoms with Crippen LogP contribution in [0.25, 0.3) is 0 Å². The zero-order chi connectivity index (χ0) is 13.7. The third-order valence-electron chi connectivity index (χ3n) is 2.93. The van der Waals surface area contributed by atoms with Crippen LogP contribution in [0.5, 0.6) is 0 Å². The second kappa shape index (κ2) is 6.48. The molecule has 106 valence electrons. The third kappa shape index (κ3) is 3.65. The lowest BCUT2D eigenvalue weighted by molar-refractivity contribution is -0.140. The van der Waals surface area contributed by atoms with Crippen LogP contribution in [0.1, 0.15) is 24.8 Å². The minimum atomic E-state index is -0.457. The number of carbonyl (C=O) groups excluding carboxylic acids is 1. The summed E-state index contributed by atoms with van der Waals surface area (Å²) in [5.41, 5.74) is 5.89. The van der Waals surface area contributed by atoms with Gasteiger partial charge in [-0.2, -0.15) is 4.98 Å². The smallest absolute Gasteiger partial charge is 0.305 e. The third-order valence-corrected chi connectivity index (χ3v) is 2.93. The number of hydrogen-bond acceptors (Lipinski definition) is 8. The summed E-state index contributed by atoms with van der Waals surface area (Å²) < 4.78 is 14.9. The summed E-state index contributed by atoms with van der Waals surface area (Å²) >= 11 is 0. The Morgan fingerprint density at radius 2 is 2.26 bits per heavy atom. The number of ether oxygens (including phenoxy) is 2. The predicted molar refractivity (Wildman–Crippen MR) is 65.5 cm³/mol. The number of anilines is 1. The first-order valence-corrected chi connectivity index (χ1v) is 6.19. The van der Waals surface area contributed by atoms with E-state index in [9.17, 15) is 4.79 Å². The van der Waals surface area contributed by atoms with Crippen molar-refractivity contribution < 1.29 is 18.8 Å². The minimum Gasteiger partial charge on any atom is -0.469 e. The molecule has 1 fully saturated rings. The van der Waals surface area contributed by atoms with Gasteiger partial charge < -0.3 is 24.6 Å². The lowest BCUT2D eigenvalue weighted by Crippen LogP contribution is -2.36. The second-order valence-electron chi connectivity index (χ2n) is 4.25. The van der Waals surface area contributed by atoms with E-state index in [0.29, 0.717) is 31.5 Å². The SMILES string of the molecule is COC(=O)CC[C@H](N)c1nc(N2CCOCC2)no1. The van der Waals surface area contributed by atoms with Crippen LogP contribution in [-0.4, -0.2) is 49.5 Å². The van der Waals surface area contributed by atoms with Crippen molar-refractivity contribution in [2.45, 2.75) is 18.9 Å². The summed E-state index contributed by atoms with van der Waals surface area (Å²) in [7, 11) is 1.34. The van der Waals surface area contributed by atoms with Gasteiger partial charge in [-0.15, -0.1) is 0 Å². The topological polar surface area (TPSA) is 104 Å². The zero-order valence-corrected chi connectivity index (χ0v) is 10.9. The number of rotatable bonds is 5. The van der Waals surface area contributed by atoms with Gasteiger partial charge in [0.15, 0.2) is 0 Å². The maximum Gasteiger partial charge on any atom is 0.305 e. The largest absolute Gasteiger partial charge is 0.469 e. The second-order valence-corrected chi connectivity index (χ2v) is 4.25. The van der Waals surface area contributed by atoms with Crippen molar-refractivity contribution in [1.82, 2.24) is 10.1 Å². The number of hydrogen-bond donors (Lipinski definition) is 1. The number of esters is 1. The summed E-state index contributed by atoms with van der Waals surface area (Å²) in [5, 5.41) is 3.90. The Morgan fingerprint density at radius 3 is 2.95 bits per heavy atom. The summed E-state index contributed by atoms with van der Waals surface area (Å²) in [6.45, 7) is 2.77. The van der Waals surface area contributed by atoms with Crippen LogP contribution in [-0.2, 0) is 14.3 Å². The minimum absolute atomic E-state index is 0.229. The van der Waals surface area contributed by atoms with Gasteiger partial charge in [0.25, 0.3) is 5.95 Å². The molecule has 1 saturated heterocycles. The van der Waals surface area contributed by atoms with Crippen LogP contribution in [0.4, 0.5) is 5.95 Å². The maximum atomic E-state index is 11.0. The van der Waals surface area contributed by atoms with Crippen LogP contribution in [0.3, 0.4) is 0 Å². The Balaban J connectivity index is 1.90. The maximum absolute atomic E-state index is 11.0. The molecule has 0 unspecified atom stereocenters. The van der Waals surface area contributed by atoms with Gasteiger partial charge in [-0.25, -0.2) is 0 Å². The normalized spacial score (nSPS) is 17.3. The van der Waals surface area contributed by atoms with Crippen molar-refractivity contribution in [2.24, 2.45) is 5.73 Å². The fraction of sp³-hybridized carbons (Fsp3) is 0.727. The molecule has 1 aromatic rings. The van der Waals surface area contributed by atoms with Gasteiger partial charge in [-0.3, -0.25) is 4.79 Å². The van der Waals surface area contributed by atoms with Crippen molar-refractivity contribution in [2.75, 3.05) is 38.3 Å². The predicted octanol–water partition coefficient (Wildman–Crippen LogP) is -0.141. The molecule has 2 rings (SSSR count). The quantitative estimate of drug-likeness (QED) is 0.737. The molecule has 0 bridgehead atoms. The molecule has 8 nitrogen and oxygen atoms in total. The molecule has 0 radical (unpaired) electrons. The molecule has 0 spiro atoms. The van der Waals surface area contributed by atoms with Gasteiger partial charge in [0, 0.05) is 19.5 Å². The Hall–Kier alpha value is -1.67. The van der Waals surface area contributed by atoms with E-state index in [1.165, 1.54) is 7.11 Å². The first-order chi connectivity index (χ1) is 9.20. The van der Waals surface area contributed by atoms with Gasteiger partial charge in [0.2, 0.25) is 5.89 Å². The molecule has 19 heavy (non-hydrogen) atoms. The number of carbonyl (C=O) groups is 1. The highest BCUT2D eigenvalue weighted by Gasteiger charge is 2.20. The first-order valence-electron chi connectivity index (χ1n) is 6.19. The molecule has 2 heterocycles. The van der Waals surface area contributed by atoms with E-state index in [1.807, 2.05) is 4.90 Å². The Kier molecular flexibility index (Phi) is 4.69. The summed E-state index contributed by atoms with van der Waals surface area (Å²) in [6.07, 6.45) is 0.643. The fourth-order valence-corrected chi connectivity index (χ4v) is 1.77. The van der Waals surface area contributed by atoms with Gasteiger partial charge >= 0.3 is 5.97 Å². The van der Waals surface area contributed by atoms with E-state index in [0.717, 1.165) is 13.1 Å². The lowest BCUT2D eigenvalue weighted by atomic mass is 10.2. The molecule has 0 aliphatic carbocycles. The van der Waals surface area contributed by atoms with E-state index < -0.39 is 6.04 Å². The average Bonchev–Trinajstić information content (AvgIpc) is 2.95. The summed E-state index contributed by atoms with van der Waals surface area (Å²) in [6, 6.07) is -0.457. The van der Waals surface area contributed by atoms with Gasteiger partial charge in [0.05, 0.1) is 26.4 Å². The standard InChI is InChI=1S/C11H18N4O4/c1-17-9(16)3-2-8(12)10-13-11(14-19-10)15-4-6-18-7-5-15/h8H,2-7,12H2,1H3/t8-/m0/s1. The van der Waals surface area contributed by atoms with Crippen LogP contribution in [0, 0.1) is 0 Å². The van der Waals surface area contributed by atoms with E-state index in [2.05, 4.69) is 14.9 Å². The number of nitrogens with zero attached hydrogens (tertiary/aromatic N) is 3. The molecule has 2 N–H and O–H groups in total. The van der Waals surface area contributed by atoms with Crippen molar-refractivity contribution in [3.8, 4) is 0 Å². The van der Waals surface area contributed by atoms with E-state index in [-0.39, 0.29) is 12.4 Å². The van der Waals surface area contributed by atoms with Crippen molar-refractivity contribution in [3.05, 3.63) is 5.89 Å². The van der Waals surface area contributed by atoms with Crippen molar-refractivity contribution >= 4 is 11.9 Å². The molecule has 1 aromatic heterocycles.